The molecule has 158 valence electrons. The number of carbonyl (C=O) groups excluding carboxylic acids is 1. The first-order chi connectivity index (χ1) is 14.5. The van der Waals surface area contributed by atoms with E-state index in [0.717, 1.165) is 42.2 Å². The number of amides is 1. The van der Waals surface area contributed by atoms with E-state index in [4.69, 9.17) is 9.15 Å². The van der Waals surface area contributed by atoms with Crippen LogP contribution in [0.15, 0.2) is 40.9 Å². The van der Waals surface area contributed by atoms with Crippen molar-refractivity contribution in [3.8, 4) is 5.75 Å². The lowest BCUT2D eigenvalue weighted by Crippen LogP contribution is -2.39. The Bertz CT molecular complexity index is 990. The Morgan fingerprint density at radius 2 is 2.13 bits per heavy atom. The summed E-state index contributed by atoms with van der Waals surface area (Å²) in [6.45, 7) is 5.49. The van der Waals surface area contributed by atoms with Crippen LogP contribution in [0.4, 0.5) is 0 Å². The number of hydrogen-bond acceptors (Lipinski definition) is 5. The van der Waals surface area contributed by atoms with Crippen molar-refractivity contribution in [1.82, 2.24) is 20.1 Å². The molecule has 7 heteroatoms. The Morgan fingerprint density at radius 3 is 2.83 bits per heavy atom. The topological polar surface area (TPSA) is 84.2 Å². The maximum atomic E-state index is 12.9. The van der Waals surface area contributed by atoms with Crippen LogP contribution < -0.4 is 4.74 Å². The van der Waals surface area contributed by atoms with Gasteiger partial charge in [-0.05, 0) is 42.5 Å². The zero-order valence-electron chi connectivity index (χ0n) is 17.7. The summed E-state index contributed by atoms with van der Waals surface area (Å²) in [5, 5.41) is 7.17. The lowest BCUT2D eigenvalue weighted by Gasteiger charge is -2.30. The van der Waals surface area contributed by atoms with Gasteiger partial charge < -0.3 is 14.1 Å². The van der Waals surface area contributed by atoms with E-state index in [0.29, 0.717) is 30.5 Å². The van der Waals surface area contributed by atoms with Gasteiger partial charge in [-0.1, -0.05) is 26.0 Å². The summed E-state index contributed by atoms with van der Waals surface area (Å²) in [7, 11) is 1.66. The van der Waals surface area contributed by atoms with Gasteiger partial charge in [-0.25, -0.2) is 4.98 Å². The summed E-state index contributed by atoms with van der Waals surface area (Å²) in [4.78, 5) is 19.3. The molecule has 1 aromatic carbocycles. The quantitative estimate of drug-likeness (QED) is 0.663. The van der Waals surface area contributed by atoms with Crippen LogP contribution in [0.3, 0.4) is 0 Å². The first-order valence-electron chi connectivity index (χ1n) is 10.5. The van der Waals surface area contributed by atoms with E-state index in [1.807, 2.05) is 35.2 Å². The second-order valence-corrected chi connectivity index (χ2v) is 8.14. The van der Waals surface area contributed by atoms with Crippen LogP contribution in [-0.4, -0.2) is 46.2 Å². The van der Waals surface area contributed by atoms with Crippen LogP contribution in [0.5, 0.6) is 5.75 Å². The zero-order valence-corrected chi connectivity index (χ0v) is 17.7. The molecule has 7 nitrogen and oxygen atoms in total. The van der Waals surface area contributed by atoms with Crippen molar-refractivity contribution in [3.63, 3.8) is 0 Å². The molecule has 1 aliphatic heterocycles. The number of aromatic amines is 1. The van der Waals surface area contributed by atoms with Crippen molar-refractivity contribution < 1.29 is 13.9 Å². The maximum Gasteiger partial charge on any atom is 0.274 e. The number of benzene rings is 1. The van der Waals surface area contributed by atoms with Crippen molar-refractivity contribution in [3.05, 3.63) is 65.1 Å². The number of oxazole rings is 1. The second kappa shape index (κ2) is 8.73. The molecule has 3 aromatic rings. The lowest BCUT2D eigenvalue weighted by molar-refractivity contribution is 0.0692. The van der Waals surface area contributed by atoms with Crippen molar-refractivity contribution in [1.29, 1.82) is 0 Å². The third-order valence-corrected chi connectivity index (χ3v) is 5.61. The van der Waals surface area contributed by atoms with Crippen molar-refractivity contribution in [2.45, 2.75) is 44.9 Å². The lowest BCUT2D eigenvalue weighted by atomic mass is 9.97. The van der Waals surface area contributed by atoms with Gasteiger partial charge in [0.1, 0.15) is 17.2 Å². The molecular formula is C23H28N4O3. The molecule has 30 heavy (non-hydrogen) atoms. The van der Waals surface area contributed by atoms with Crippen LogP contribution in [0.2, 0.25) is 0 Å². The molecule has 1 fully saturated rings. The van der Waals surface area contributed by atoms with Crippen molar-refractivity contribution in [2.75, 3.05) is 20.2 Å². The van der Waals surface area contributed by atoms with Crippen LogP contribution >= 0.6 is 0 Å². The minimum Gasteiger partial charge on any atom is -0.497 e. The molecule has 1 amide bonds. The summed E-state index contributed by atoms with van der Waals surface area (Å²) in [6, 6.07) is 9.79. The molecule has 4 rings (SSSR count). The Kier molecular flexibility index (Phi) is 5.88. The number of methoxy groups -OCH3 is 1. The highest BCUT2D eigenvalue weighted by molar-refractivity contribution is 5.92. The molecule has 0 saturated carbocycles. The Morgan fingerprint density at radius 1 is 1.33 bits per heavy atom. The minimum absolute atomic E-state index is 0.0344. The number of H-pyrrole nitrogens is 1. The molecule has 3 heterocycles. The van der Waals surface area contributed by atoms with E-state index >= 15 is 0 Å². The van der Waals surface area contributed by atoms with Gasteiger partial charge in [0.2, 0.25) is 0 Å². The highest BCUT2D eigenvalue weighted by Crippen LogP contribution is 2.28. The third-order valence-electron chi connectivity index (χ3n) is 5.61. The number of nitrogens with one attached hydrogen (secondary N) is 1. The molecule has 1 N–H and O–H groups in total. The van der Waals surface area contributed by atoms with Crippen LogP contribution in [-0.2, 0) is 6.42 Å². The molecule has 1 saturated heterocycles. The number of piperidine rings is 1. The molecular weight excluding hydrogens is 380 g/mol. The Balaban J connectivity index is 1.41. The number of hydrogen-bond donors (Lipinski definition) is 1. The number of carbonyl (C=O) groups is 1. The predicted molar refractivity (Wildman–Crippen MR) is 113 cm³/mol. The largest absolute Gasteiger partial charge is 0.497 e. The normalized spacial score (nSPS) is 16.8. The van der Waals surface area contributed by atoms with E-state index in [1.54, 1.807) is 13.3 Å². The molecule has 0 radical (unpaired) electrons. The number of aromatic nitrogens is 3. The average Bonchev–Trinajstić information content (AvgIpc) is 3.44. The Hall–Kier alpha value is -3.09. The molecule has 0 unspecified atom stereocenters. The minimum atomic E-state index is -0.0344. The van der Waals surface area contributed by atoms with E-state index in [1.165, 1.54) is 0 Å². The van der Waals surface area contributed by atoms with Gasteiger partial charge in [0.15, 0.2) is 5.89 Å². The van der Waals surface area contributed by atoms with Gasteiger partial charge >= 0.3 is 0 Å². The molecule has 1 atom stereocenters. The maximum absolute atomic E-state index is 12.9. The monoisotopic (exact) mass is 408 g/mol. The second-order valence-electron chi connectivity index (χ2n) is 8.14. The smallest absolute Gasteiger partial charge is 0.274 e. The number of likely N-dealkylation sites (tertiary alicyclic amines) is 1. The molecule has 0 aliphatic carbocycles. The van der Waals surface area contributed by atoms with Crippen molar-refractivity contribution >= 4 is 5.91 Å². The number of nitrogens with zero attached hydrogens (tertiary/aromatic N) is 3. The average molecular weight is 409 g/mol. The van der Waals surface area contributed by atoms with Crippen molar-refractivity contribution in [2.24, 2.45) is 0 Å². The number of ether oxygens (including phenoxy) is 1. The standard InChI is InChI=1S/C23H28N4O3/c1-15(2)20-12-21(26-25-20)23(28)27-10-4-5-17(14-27)22-24-13-19(30-22)11-16-6-8-18(29-3)9-7-16/h6-9,12-13,15,17H,4-5,10-11,14H2,1-3H3,(H,25,26)/t17-/m1/s1. The zero-order chi connectivity index (χ0) is 21.1. The van der Waals surface area contributed by atoms with E-state index in [9.17, 15) is 4.79 Å². The fourth-order valence-corrected chi connectivity index (χ4v) is 3.80. The van der Waals surface area contributed by atoms with Gasteiger partial charge in [-0.15, -0.1) is 0 Å². The van der Waals surface area contributed by atoms with E-state index < -0.39 is 0 Å². The van der Waals surface area contributed by atoms with Gasteiger partial charge in [0.25, 0.3) is 5.91 Å². The third kappa shape index (κ3) is 4.40. The predicted octanol–water partition coefficient (Wildman–Crippen LogP) is 4.14. The Labute approximate surface area is 176 Å². The van der Waals surface area contributed by atoms with E-state index in [-0.39, 0.29) is 11.8 Å². The highest BCUT2D eigenvalue weighted by Gasteiger charge is 2.29. The molecule has 2 aromatic heterocycles. The summed E-state index contributed by atoms with van der Waals surface area (Å²) in [5.41, 5.74) is 2.59. The molecule has 1 aliphatic rings. The summed E-state index contributed by atoms with van der Waals surface area (Å²) >= 11 is 0. The van der Waals surface area contributed by atoms with Crippen LogP contribution in [0, 0.1) is 0 Å². The summed E-state index contributed by atoms with van der Waals surface area (Å²) < 4.78 is 11.3. The van der Waals surface area contributed by atoms with Gasteiger partial charge in [0.05, 0.1) is 19.2 Å². The van der Waals surface area contributed by atoms with Crippen LogP contribution in [0.25, 0.3) is 0 Å². The van der Waals surface area contributed by atoms with Gasteiger partial charge in [0, 0.05) is 25.2 Å². The van der Waals surface area contributed by atoms with Gasteiger partial charge in [-0.2, -0.15) is 5.10 Å². The molecule has 0 bridgehead atoms. The fraction of sp³-hybridized carbons (Fsp3) is 0.435. The van der Waals surface area contributed by atoms with Gasteiger partial charge in [-0.3, -0.25) is 9.89 Å². The highest BCUT2D eigenvalue weighted by atomic mass is 16.5. The van der Waals surface area contributed by atoms with E-state index in [2.05, 4.69) is 29.0 Å². The first-order valence-corrected chi connectivity index (χ1v) is 10.5. The summed E-state index contributed by atoms with van der Waals surface area (Å²) in [5.74, 6) is 2.75. The SMILES string of the molecule is COc1ccc(Cc2cnc([C@@H]3CCCN(C(=O)c4cc(C(C)C)[nH]n4)C3)o2)cc1. The van der Waals surface area contributed by atoms with Crippen LogP contribution in [0.1, 0.15) is 71.9 Å². The molecule has 0 spiro atoms. The fourth-order valence-electron chi connectivity index (χ4n) is 3.80. The first kappa shape index (κ1) is 20.2. The number of rotatable bonds is 6. The summed E-state index contributed by atoms with van der Waals surface area (Å²) in [6.07, 6.45) is 4.36.